The number of aromatic nitrogens is 2. The van der Waals surface area contributed by atoms with E-state index < -0.39 is 0 Å². The number of carbonyl (C=O) groups is 2. The first-order chi connectivity index (χ1) is 18.1. The fraction of sp³-hybridized carbons (Fsp3) is 0.233. The van der Waals surface area contributed by atoms with E-state index in [4.69, 9.17) is 14.6 Å². The van der Waals surface area contributed by atoms with E-state index in [2.05, 4.69) is 0 Å². The highest BCUT2D eigenvalue weighted by Gasteiger charge is 2.30. The summed E-state index contributed by atoms with van der Waals surface area (Å²) in [5, 5.41) is 4.80. The van der Waals surface area contributed by atoms with Gasteiger partial charge in [0.2, 0.25) is 0 Å². The average molecular weight is 496 g/mol. The molecule has 3 aromatic carbocycles. The summed E-state index contributed by atoms with van der Waals surface area (Å²) in [6.45, 7) is 1.04. The highest BCUT2D eigenvalue weighted by molar-refractivity contribution is 6.01. The number of nitrogens with zero attached hydrogens (tertiary/aromatic N) is 3. The maximum atomic E-state index is 13.8. The van der Waals surface area contributed by atoms with Crippen molar-refractivity contribution in [3.8, 4) is 28.4 Å². The topological polar surface area (TPSA) is 73.7 Å². The Bertz CT molecular complexity index is 1390. The van der Waals surface area contributed by atoms with Gasteiger partial charge in [-0.3, -0.25) is 9.59 Å². The number of hydrogen-bond acceptors (Lipinski definition) is 5. The van der Waals surface area contributed by atoms with Crippen LogP contribution in [0.5, 0.6) is 11.5 Å². The third-order valence-electron chi connectivity index (χ3n) is 6.83. The zero-order valence-corrected chi connectivity index (χ0v) is 21.0. The number of carbonyl (C=O) groups excluding carboxylic acids is 2. The Labute approximate surface area is 216 Å². The number of amides is 1. The van der Waals surface area contributed by atoms with Gasteiger partial charge in [-0.2, -0.15) is 5.10 Å². The number of ether oxygens (including phenoxy) is 2. The summed E-state index contributed by atoms with van der Waals surface area (Å²) in [7, 11) is 3.17. The minimum Gasteiger partial charge on any atom is -0.493 e. The zero-order chi connectivity index (χ0) is 25.8. The highest BCUT2D eigenvalue weighted by Crippen LogP contribution is 2.34. The van der Waals surface area contributed by atoms with E-state index in [-0.39, 0.29) is 17.6 Å². The normalized spacial score (nSPS) is 13.8. The second kappa shape index (κ2) is 10.7. The molecule has 0 N–H and O–H groups in total. The SMILES string of the molecule is COc1ccc(-c2nn(-c3ccccc3)cc2C(=O)N2CCC(C(=O)c3ccccc3)CC2)cc1OC. The van der Waals surface area contributed by atoms with E-state index in [1.807, 2.05) is 83.8 Å². The number of benzene rings is 3. The molecule has 7 nitrogen and oxygen atoms in total. The summed E-state index contributed by atoms with van der Waals surface area (Å²) in [4.78, 5) is 28.5. The quantitative estimate of drug-likeness (QED) is 0.326. The molecule has 7 heteroatoms. The van der Waals surface area contributed by atoms with Gasteiger partial charge in [-0.05, 0) is 43.2 Å². The van der Waals surface area contributed by atoms with Crippen LogP contribution in [0.15, 0.2) is 85.1 Å². The van der Waals surface area contributed by atoms with Crippen LogP contribution >= 0.6 is 0 Å². The maximum Gasteiger partial charge on any atom is 0.257 e. The lowest BCUT2D eigenvalue weighted by atomic mass is 9.88. The Kier molecular flexibility index (Phi) is 7.03. The summed E-state index contributed by atoms with van der Waals surface area (Å²) in [5.74, 6) is 1.14. The predicted molar refractivity (Wildman–Crippen MR) is 142 cm³/mol. The second-order valence-electron chi connectivity index (χ2n) is 9.04. The van der Waals surface area contributed by atoms with Crippen LogP contribution in [0.2, 0.25) is 0 Å². The molecule has 0 saturated carbocycles. The lowest BCUT2D eigenvalue weighted by Crippen LogP contribution is -2.40. The van der Waals surface area contributed by atoms with Gasteiger partial charge in [0, 0.05) is 36.3 Å². The second-order valence-corrected chi connectivity index (χ2v) is 9.04. The van der Waals surface area contributed by atoms with E-state index in [1.165, 1.54) is 0 Å². The van der Waals surface area contributed by atoms with Crippen molar-refractivity contribution in [3.05, 3.63) is 96.2 Å². The van der Waals surface area contributed by atoms with Crippen molar-refractivity contribution in [3.63, 3.8) is 0 Å². The molecule has 5 rings (SSSR count). The van der Waals surface area contributed by atoms with Gasteiger partial charge in [0.15, 0.2) is 17.3 Å². The lowest BCUT2D eigenvalue weighted by molar-refractivity contribution is 0.0651. The predicted octanol–water partition coefficient (Wildman–Crippen LogP) is 5.29. The lowest BCUT2D eigenvalue weighted by Gasteiger charge is -2.31. The van der Waals surface area contributed by atoms with Gasteiger partial charge in [-0.25, -0.2) is 4.68 Å². The molecule has 1 aromatic heterocycles. The minimum absolute atomic E-state index is 0.0798. The van der Waals surface area contributed by atoms with E-state index in [9.17, 15) is 9.59 Å². The molecule has 0 radical (unpaired) electrons. The van der Waals surface area contributed by atoms with Crippen molar-refractivity contribution in [2.24, 2.45) is 5.92 Å². The average Bonchev–Trinajstić information content (AvgIpc) is 3.42. The monoisotopic (exact) mass is 495 g/mol. The zero-order valence-electron chi connectivity index (χ0n) is 21.0. The summed E-state index contributed by atoms with van der Waals surface area (Å²) in [5.41, 5.74) is 3.41. The molecule has 1 aliphatic rings. The largest absolute Gasteiger partial charge is 0.493 e. The van der Waals surface area contributed by atoms with Gasteiger partial charge in [-0.15, -0.1) is 0 Å². The van der Waals surface area contributed by atoms with Crippen molar-refractivity contribution in [1.82, 2.24) is 14.7 Å². The van der Waals surface area contributed by atoms with Crippen LogP contribution in [0.25, 0.3) is 16.9 Å². The first kappa shape index (κ1) is 24.3. The van der Waals surface area contributed by atoms with E-state index in [1.54, 1.807) is 25.1 Å². The van der Waals surface area contributed by atoms with Gasteiger partial charge in [-0.1, -0.05) is 48.5 Å². The molecule has 4 aromatic rings. The Balaban J connectivity index is 1.43. The van der Waals surface area contributed by atoms with Crippen molar-refractivity contribution in [2.45, 2.75) is 12.8 Å². The minimum atomic E-state index is -0.0995. The summed E-state index contributed by atoms with van der Waals surface area (Å²) in [6, 6.07) is 24.6. The van der Waals surface area contributed by atoms with Crippen LogP contribution in [0, 0.1) is 5.92 Å². The third-order valence-corrected chi connectivity index (χ3v) is 6.83. The van der Waals surface area contributed by atoms with Gasteiger partial charge in [0.1, 0.15) is 5.69 Å². The van der Waals surface area contributed by atoms with Crippen LogP contribution < -0.4 is 9.47 Å². The smallest absolute Gasteiger partial charge is 0.257 e. The number of Topliss-reactive ketones (excluding diaryl/α,β-unsaturated/α-hetero) is 1. The number of methoxy groups -OCH3 is 2. The molecule has 1 aliphatic heterocycles. The molecule has 37 heavy (non-hydrogen) atoms. The molecule has 0 unspecified atom stereocenters. The molecule has 1 fully saturated rings. The van der Waals surface area contributed by atoms with Crippen LogP contribution in [-0.4, -0.2) is 53.7 Å². The van der Waals surface area contributed by atoms with Crippen LogP contribution in [0.3, 0.4) is 0 Å². The van der Waals surface area contributed by atoms with Crippen molar-refractivity contribution in [1.29, 1.82) is 0 Å². The Hall–Kier alpha value is -4.39. The first-order valence-electron chi connectivity index (χ1n) is 12.3. The Morgan fingerprint density at radius 2 is 1.49 bits per heavy atom. The van der Waals surface area contributed by atoms with Crippen LogP contribution in [0.1, 0.15) is 33.6 Å². The standard InChI is InChI=1S/C30H29N3O4/c1-36-26-14-13-23(19-27(26)37-2)28-25(20-33(31-28)24-11-7-4-8-12-24)30(35)32-17-15-22(16-18-32)29(34)21-9-5-3-6-10-21/h3-14,19-20,22H,15-18H2,1-2H3. The van der Waals surface area contributed by atoms with Crippen LogP contribution in [0.4, 0.5) is 0 Å². The number of rotatable bonds is 7. The molecule has 1 amide bonds. The molecule has 2 heterocycles. The van der Waals surface area contributed by atoms with Gasteiger partial charge >= 0.3 is 0 Å². The summed E-state index contributed by atoms with van der Waals surface area (Å²) < 4.78 is 12.6. The van der Waals surface area contributed by atoms with E-state index >= 15 is 0 Å². The molecule has 0 aliphatic carbocycles. The molecular formula is C30H29N3O4. The molecule has 0 bridgehead atoms. The molecule has 1 saturated heterocycles. The number of likely N-dealkylation sites (tertiary alicyclic amines) is 1. The number of para-hydroxylation sites is 1. The van der Waals surface area contributed by atoms with Crippen molar-refractivity contribution >= 4 is 11.7 Å². The fourth-order valence-corrected chi connectivity index (χ4v) is 4.79. The molecular weight excluding hydrogens is 466 g/mol. The Morgan fingerprint density at radius 3 is 2.14 bits per heavy atom. The number of hydrogen-bond donors (Lipinski definition) is 0. The van der Waals surface area contributed by atoms with Crippen LogP contribution in [-0.2, 0) is 0 Å². The van der Waals surface area contributed by atoms with Gasteiger partial charge < -0.3 is 14.4 Å². The molecule has 0 spiro atoms. The van der Waals surface area contributed by atoms with Crippen molar-refractivity contribution in [2.75, 3.05) is 27.3 Å². The molecule has 0 atom stereocenters. The maximum absolute atomic E-state index is 13.8. The van der Waals surface area contributed by atoms with Gasteiger partial charge in [0.25, 0.3) is 5.91 Å². The number of piperidine rings is 1. The molecule has 188 valence electrons. The third kappa shape index (κ3) is 4.98. The summed E-state index contributed by atoms with van der Waals surface area (Å²) in [6.07, 6.45) is 3.06. The van der Waals surface area contributed by atoms with Gasteiger partial charge in [0.05, 0.1) is 25.5 Å². The van der Waals surface area contributed by atoms with E-state index in [0.717, 1.165) is 16.8 Å². The highest BCUT2D eigenvalue weighted by atomic mass is 16.5. The van der Waals surface area contributed by atoms with E-state index in [0.29, 0.717) is 48.7 Å². The van der Waals surface area contributed by atoms with Crippen molar-refractivity contribution < 1.29 is 19.1 Å². The number of ketones is 1. The summed E-state index contributed by atoms with van der Waals surface area (Å²) >= 11 is 0. The Morgan fingerprint density at radius 1 is 0.838 bits per heavy atom. The first-order valence-corrected chi connectivity index (χ1v) is 12.3. The fourth-order valence-electron chi connectivity index (χ4n) is 4.79.